The summed E-state index contributed by atoms with van der Waals surface area (Å²) in [5.74, 6) is 4.42. The van der Waals surface area contributed by atoms with Crippen LogP contribution in [0.5, 0.6) is 5.75 Å². The van der Waals surface area contributed by atoms with Crippen LogP contribution in [0, 0.1) is 17.8 Å². The SMILES string of the molecule is O=C(NCCCc1cc[nH]c1)c1ccc2nc(COc3ccc(C45CC6CC(CC(C6)C4)C5)cc3)[nH]c2c1. The van der Waals surface area contributed by atoms with Crippen LogP contribution in [0.4, 0.5) is 0 Å². The van der Waals surface area contributed by atoms with Crippen LogP contribution in [0.25, 0.3) is 11.0 Å². The molecule has 2 aromatic carbocycles. The van der Waals surface area contributed by atoms with Crippen LogP contribution in [-0.4, -0.2) is 27.4 Å². The van der Waals surface area contributed by atoms with Crippen LogP contribution < -0.4 is 10.1 Å². The molecule has 3 N–H and O–H groups in total. The predicted molar refractivity (Wildman–Crippen MR) is 148 cm³/mol. The van der Waals surface area contributed by atoms with Crippen molar-refractivity contribution in [3.8, 4) is 5.75 Å². The molecule has 0 unspecified atom stereocenters. The number of carbonyl (C=O) groups is 1. The second-order valence-electron chi connectivity index (χ2n) is 12.0. The molecule has 4 aliphatic rings. The second kappa shape index (κ2) is 9.64. The molecule has 4 saturated carbocycles. The summed E-state index contributed by atoms with van der Waals surface area (Å²) in [5.41, 5.74) is 5.51. The van der Waals surface area contributed by atoms with Crippen LogP contribution in [0.2, 0.25) is 0 Å². The van der Waals surface area contributed by atoms with Crippen molar-refractivity contribution in [3.05, 3.63) is 83.4 Å². The number of fused-ring (bicyclic) bond motifs is 1. The molecule has 8 rings (SSSR count). The first kappa shape index (κ1) is 23.6. The topological polar surface area (TPSA) is 82.8 Å². The van der Waals surface area contributed by atoms with Crippen molar-refractivity contribution >= 4 is 16.9 Å². The van der Waals surface area contributed by atoms with Gasteiger partial charge in [-0.25, -0.2) is 4.98 Å². The third kappa shape index (κ3) is 4.61. The molecule has 196 valence electrons. The molecule has 38 heavy (non-hydrogen) atoms. The number of H-pyrrole nitrogens is 2. The van der Waals surface area contributed by atoms with Crippen LogP contribution in [0.3, 0.4) is 0 Å². The number of hydrogen-bond donors (Lipinski definition) is 3. The molecule has 6 nitrogen and oxygen atoms in total. The summed E-state index contributed by atoms with van der Waals surface area (Å²) in [6.45, 7) is 1.01. The van der Waals surface area contributed by atoms with E-state index in [1.54, 1.807) is 0 Å². The number of ether oxygens (including phenoxy) is 1. The largest absolute Gasteiger partial charge is 0.486 e. The number of aromatic amines is 2. The molecule has 0 atom stereocenters. The van der Waals surface area contributed by atoms with Gasteiger partial charge in [0.05, 0.1) is 11.0 Å². The summed E-state index contributed by atoms with van der Waals surface area (Å²) in [4.78, 5) is 23.7. The third-order valence-corrected chi connectivity index (χ3v) is 9.26. The Labute approximate surface area is 223 Å². The zero-order valence-corrected chi connectivity index (χ0v) is 21.8. The molecule has 6 heteroatoms. The van der Waals surface area contributed by atoms with Gasteiger partial charge in [0.2, 0.25) is 0 Å². The lowest BCUT2D eigenvalue weighted by molar-refractivity contribution is -0.00520. The Morgan fingerprint density at radius 2 is 1.76 bits per heavy atom. The monoisotopic (exact) mass is 508 g/mol. The average molecular weight is 509 g/mol. The van der Waals surface area contributed by atoms with Crippen LogP contribution in [0.15, 0.2) is 60.9 Å². The van der Waals surface area contributed by atoms with Crippen molar-refractivity contribution in [2.75, 3.05) is 6.54 Å². The lowest BCUT2D eigenvalue weighted by Crippen LogP contribution is -2.48. The summed E-state index contributed by atoms with van der Waals surface area (Å²) in [7, 11) is 0. The zero-order valence-electron chi connectivity index (χ0n) is 21.8. The normalized spacial score (nSPS) is 25.6. The van der Waals surface area contributed by atoms with Gasteiger partial charge in [0.25, 0.3) is 5.91 Å². The van der Waals surface area contributed by atoms with Gasteiger partial charge in [0.1, 0.15) is 18.2 Å². The smallest absolute Gasteiger partial charge is 0.251 e. The highest BCUT2D eigenvalue weighted by molar-refractivity contribution is 5.97. The molecule has 2 heterocycles. The molecule has 1 amide bonds. The van der Waals surface area contributed by atoms with Crippen molar-refractivity contribution in [2.24, 2.45) is 17.8 Å². The number of nitrogens with one attached hydrogen (secondary N) is 3. The van der Waals surface area contributed by atoms with E-state index in [2.05, 4.69) is 50.6 Å². The van der Waals surface area contributed by atoms with Gasteiger partial charge >= 0.3 is 0 Å². The first-order chi connectivity index (χ1) is 18.6. The molecule has 0 spiro atoms. The maximum atomic E-state index is 12.6. The average Bonchev–Trinajstić information content (AvgIpc) is 3.58. The number of aromatic nitrogens is 3. The van der Waals surface area contributed by atoms with Crippen molar-refractivity contribution < 1.29 is 9.53 Å². The minimum absolute atomic E-state index is 0.0625. The Morgan fingerprint density at radius 1 is 1.00 bits per heavy atom. The number of amides is 1. The van der Waals surface area contributed by atoms with E-state index in [1.165, 1.54) is 49.7 Å². The number of rotatable bonds is 9. The van der Waals surface area contributed by atoms with E-state index >= 15 is 0 Å². The van der Waals surface area contributed by atoms with E-state index in [0.717, 1.165) is 53.2 Å². The Bertz CT molecular complexity index is 1380. The number of aryl methyl sites for hydroxylation is 1. The number of imidazole rings is 1. The van der Waals surface area contributed by atoms with Gasteiger partial charge in [0.15, 0.2) is 0 Å². The minimum Gasteiger partial charge on any atom is -0.486 e. The zero-order chi connectivity index (χ0) is 25.5. The fraction of sp³-hybridized carbons (Fsp3) is 0.438. The van der Waals surface area contributed by atoms with Crippen LogP contribution >= 0.6 is 0 Å². The highest BCUT2D eigenvalue weighted by Crippen LogP contribution is 2.60. The number of hydrogen-bond acceptors (Lipinski definition) is 3. The Hall–Kier alpha value is -3.54. The summed E-state index contributed by atoms with van der Waals surface area (Å²) >= 11 is 0. The molecule has 0 aliphatic heterocycles. The molecule has 0 radical (unpaired) electrons. The maximum Gasteiger partial charge on any atom is 0.251 e. The molecule has 4 fully saturated rings. The van der Waals surface area contributed by atoms with Crippen molar-refractivity contribution in [1.29, 1.82) is 0 Å². The van der Waals surface area contributed by atoms with Gasteiger partial charge < -0.3 is 20.0 Å². The van der Waals surface area contributed by atoms with Gasteiger partial charge in [-0.3, -0.25) is 4.79 Å². The van der Waals surface area contributed by atoms with Gasteiger partial charge in [-0.15, -0.1) is 0 Å². The first-order valence-electron chi connectivity index (χ1n) is 14.2. The van der Waals surface area contributed by atoms with E-state index < -0.39 is 0 Å². The number of nitrogens with zero attached hydrogens (tertiary/aromatic N) is 1. The quantitative estimate of drug-likeness (QED) is 0.232. The lowest BCUT2D eigenvalue weighted by Gasteiger charge is -2.57. The summed E-state index contributed by atoms with van der Waals surface area (Å²) in [5, 5.41) is 3.02. The van der Waals surface area contributed by atoms with E-state index in [1.807, 2.05) is 30.6 Å². The highest BCUT2D eigenvalue weighted by atomic mass is 16.5. The first-order valence-corrected chi connectivity index (χ1v) is 14.2. The molecule has 2 aromatic heterocycles. The number of benzene rings is 2. The van der Waals surface area contributed by atoms with E-state index in [-0.39, 0.29) is 5.91 Å². The standard InChI is InChI=1S/C32H36N4O2/c37-31(34-10-1-2-21-9-11-33-19-21)25-3-8-28-29(15-25)36-30(35-28)20-38-27-6-4-26(5-7-27)32-16-22-12-23(17-32)14-24(13-22)18-32/h3-9,11,15,19,22-24,33H,1-2,10,12-14,16-18,20H2,(H,34,37)(H,35,36). The van der Waals surface area contributed by atoms with Gasteiger partial charge in [-0.1, -0.05) is 12.1 Å². The Balaban J connectivity index is 0.952. The van der Waals surface area contributed by atoms with E-state index in [4.69, 9.17) is 4.74 Å². The summed E-state index contributed by atoms with van der Waals surface area (Å²) in [6, 6.07) is 16.5. The third-order valence-electron chi connectivity index (χ3n) is 9.26. The van der Waals surface area contributed by atoms with Gasteiger partial charge in [-0.2, -0.15) is 0 Å². The fourth-order valence-electron chi connectivity index (χ4n) is 7.90. The molecular weight excluding hydrogens is 472 g/mol. The van der Waals surface area contributed by atoms with Crippen molar-refractivity contribution in [2.45, 2.75) is 63.4 Å². The van der Waals surface area contributed by atoms with Crippen molar-refractivity contribution in [3.63, 3.8) is 0 Å². The highest BCUT2D eigenvalue weighted by Gasteiger charge is 2.51. The van der Waals surface area contributed by atoms with Gasteiger partial charge in [0, 0.05) is 24.5 Å². The maximum absolute atomic E-state index is 12.6. The lowest BCUT2D eigenvalue weighted by atomic mass is 9.48. The molecule has 4 bridgehead atoms. The second-order valence-corrected chi connectivity index (χ2v) is 12.0. The summed E-state index contributed by atoms with van der Waals surface area (Å²) < 4.78 is 6.09. The minimum atomic E-state index is -0.0625. The Morgan fingerprint density at radius 3 is 2.47 bits per heavy atom. The molecular formula is C32H36N4O2. The van der Waals surface area contributed by atoms with Crippen molar-refractivity contribution in [1.82, 2.24) is 20.3 Å². The molecule has 4 aliphatic carbocycles. The van der Waals surface area contributed by atoms with E-state index in [0.29, 0.717) is 24.1 Å². The molecule has 0 saturated heterocycles. The fourth-order valence-corrected chi connectivity index (χ4v) is 7.90. The summed E-state index contributed by atoms with van der Waals surface area (Å²) in [6.07, 6.45) is 14.3. The Kier molecular flexibility index (Phi) is 5.98. The van der Waals surface area contributed by atoms with Crippen LogP contribution in [0.1, 0.15) is 72.3 Å². The number of carbonyl (C=O) groups excluding carboxylic acids is 1. The van der Waals surface area contributed by atoms with Crippen LogP contribution in [-0.2, 0) is 18.4 Å². The predicted octanol–water partition coefficient (Wildman–Crippen LogP) is 6.30. The van der Waals surface area contributed by atoms with Gasteiger partial charge in [-0.05, 0) is 122 Å². The van der Waals surface area contributed by atoms with E-state index in [9.17, 15) is 4.79 Å². The molecule has 4 aromatic rings.